The van der Waals surface area contributed by atoms with Crippen LogP contribution >= 0.6 is 0 Å². The van der Waals surface area contributed by atoms with Gasteiger partial charge in [0.05, 0.1) is 7.11 Å². The molecule has 0 aliphatic rings. The average molecular weight is 256 g/mol. The summed E-state index contributed by atoms with van der Waals surface area (Å²) in [7, 11) is 1.33. The fourth-order valence-electron chi connectivity index (χ4n) is 1.58. The highest BCUT2D eigenvalue weighted by atomic mass is 19.3. The van der Waals surface area contributed by atoms with Crippen molar-refractivity contribution in [1.29, 1.82) is 0 Å². The zero-order valence-electron chi connectivity index (χ0n) is 10.9. The molecule has 0 saturated heterocycles. The molecule has 2 nitrogen and oxygen atoms in total. The molecular formula is C14H18F2O2. The second kappa shape index (κ2) is 5.94. The fraction of sp³-hybridized carbons (Fsp3) is 0.500. The molecule has 18 heavy (non-hydrogen) atoms. The standard InChI is InChI=1S/C14H18F2O2/c1-10(2)14(15,16)12-7-4-11(5-8-12)6-9-13(17)18-3/h4-5,7-8,10H,6,9H2,1-3H3. The Bertz CT molecular complexity index is 397. The van der Waals surface area contributed by atoms with Crippen molar-refractivity contribution in [3.05, 3.63) is 35.4 Å². The summed E-state index contributed by atoms with van der Waals surface area (Å²) in [6.07, 6.45) is 0.761. The van der Waals surface area contributed by atoms with Crippen LogP contribution in [0.5, 0.6) is 0 Å². The summed E-state index contributed by atoms with van der Waals surface area (Å²) in [4.78, 5) is 11.0. The van der Waals surface area contributed by atoms with Gasteiger partial charge in [0.25, 0.3) is 5.92 Å². The van der Waals surface area contributed by atoms with E-state index >= 15 is 0 Å². The number of benzene rings is 1. The molecule has 0 aliphatic carbocycles. The van der Waals surface area contributed by atoms with E-state index in [0.29, 0.717) is 6.42 Å². The highest BCUT2D eigenvalue weighted by Crippen LogP contribution is 2.35. The molecule has 0 atom stereocenters. The quantitative estimate of drug-likeness (QED) is 0.753. The van der Waals surface area contributed by atoms with Gasteiger partial charge in [0.15, 0.2) is 0 Å². The molecule has 0 spiro atoms. The summed E-state index contributed by atoms with van der Waals surface area (Å²) in [5.74, 6) is -3.86. The van der Waals surface area contributed by atoms with Gasteiger partial charge in [-0.25, -0.2) is 8.78 Å². The predicted molar refractivity (Wildman–Crippen MR) is 65.5 cm³/mol. The van der Waals surface area contributed by atoms with E-state index in [9.17, 15) is 13.6 Å². The van der Waals surface area contributed by atoms with E-state index < -0.39 is 11.8 Å². The van der Waals surface area contributed by atoms with E-state index in [2.05, 4.69) is 4.74 Å². The number of halogens is 2. The zero-order chi connectivity index (χ0) is 13.8. The Morgan fingerprint density at radius 2 is 1.83 bits per heavy atom. The molecule has 0 radical (unpaired) electrons. The lowest BCUT2D eigenvalue weighted by Crippen LogP contribution is -2.20. The van der Waals surface area contributed by atoms with Crippen molar-refractivity contribution >= 4 is 5.97 Å². The maximum atomic E-state index is 13.7. The first-order valence-electron chi connectivity index (χ1n) is 5.92. The first kappa shape index (κ1) is 14.6. The smallest absolute Gasteiger partial charge is 0.305 e. The van der Waals surface area contributed by atoms with Crippen LogP contribution in [-0.2, 0) is 21.9 Å². The summed E-state index contributed by atoms with van der Waals surface area (Å²) in [6.45, 7) is 2.98. The summed E-state index contributed by atoms with van der Waals surface area (Å²) in [6, 6.07) is 6.11. The van der Waals surface area contributed by atoms with Gasteiger partial charge in [0.2, 0.25) is 0 Å². The van der Waals surface area contributed by atoms with Gasteiger partial charge >= 0.3 is 5.97 Å². The Morgan fingerprint density at radius 3 is 2.28 bits per heavy atom. The van der Waals surface area contributed by atoms with Crippen LogP contribution in [0.15, 0.2) is 24.3 Å². The van der Waals surface area contributed by atoms with Gasteiger partial charge in [0.1, 0.15) is 0 Å². The van der Waals surface area contributed by atoms with Crippen molar-refractivity contribution < 1.29 is 18.3 Å². The van der Waals surface area contributed by atoms with Gasteiger partial charge < -0.3 is 4.74 Å². The Balaban J connectivity index is 2.71. The number of aryl methyl sites for hydroxylation is 1. The van der Waals surface area contributed by atoms with Crippen molar-refractivity contribution in [2.75, 3.05) is 7.11 Å². The van der Waals surface area contributed by atoms with Crippen LogP contribution in [0.4, 0.5) is 8.78 Å². The Morgan fingerprint density at radius 1 is 1.28 bits per heavy atom. The van der Waals surface area contributed by atoms with Crippen LogP contribution in [0.3, 0.4) is 0 Å². The third kappa shape index (κ3) is 3.52. The van der Waals surface area contributed by atoms with Gasteiger partial charge in [-0.3, -0.25) is 4.79 Å². The number of hydrogen-bond donors (Lipinski definition) is 0. The normalized spacial score (nSPS) is 11.7. The van der Waals surface area contributed by atoms with Crippen molar-refractivity contribution in [2.24, 2.45) is 5.92 Å². The molecule has 0 N–H and O–H groups in total. The maximum Gasteiger partial charge on any atom is 0.305 e. The van der Waals surface area contributed by atoms with E-state index in [-0.39, 0.29) is 18.0 Å². The number of alkyl halides is 2. The molecule has 1 aromatic rings. The topological polar surface area (TPSA) is 26.3 Å². The highest BCUT2D eigenvalue weighted by Gasteiger charge is 2.35. The summed E-state index contributed by atoms with van der Waals surface area (Å²) >= 11 is 0. The molecule has 0 saturated carbocycles. The van der Waals surface area contributed by atoms with Crippen LogP contribution in [-0.4, -0.2) is 13.1 Å². The second-order valence-electron chi connectivity index (χ2n) is 4.55. The van der Waals surface area contributed by atoms with Gasteiger partial charge in [-0.15, -0.1) is 0 Å². The molecule has 1 rings (SSSR count). The number of hydrogen-bond acceptors (Lipinski definition) is 2. The molecule has 0 aromatic heterocycles. The molecule has 0 aliphatic heterocycles. The number of ether oxygens (including phenoxy) is 1. The van der Waals surface area contributed by atoms with Gasteiger partial charge in [-0.1, -0.05) is 38.1 Å². The summed E-state index contributed by atoms with van der Waals surface area (Å²) in [5.41, 5.74) is 0.864. The summed E-state index contributed by atoms with van der Waals surface area (Å²) < 4.78 is 31.9. The van der Waals surface area contributed by atoms with E-state index in [1.165, 1.54) is 33.1 Å². The first-order valence-corrected chi connectivity index (χ1v) is 5.92. The maximum absolute atomic E-state index is 13.7. The molecule has 1 aromatic carbocycles. The van der Waals surface area contributed by atoms with Crippen LogP contribution in [0, 0.1) is 5.92 Å². The number of methoxy groups -OCH3 is 1. The summed E-state index contributed by atoms with van der Waals surface area (Å²) in [5, 5.41) is 0. The van der Waals surface area contributed by atoms with E-state index in [4.69, 9.17) is 0 Å². The van der Waals surface area contributed by atoms with E-state index in [1.807, 2.05) is 0 Å². The average Bonchev–Trinajstić information content (AvgIpc) is 2.36. The lowest BCUT2D eigenvalue weighted by atomic mass is 9.96. The monoisotopic (exact) mass is 256 g/mol. The Kier molecular flexibility index (Phi) is 4.82. The molecule has 0 unspecified atom stereocenters. The van der Waals surface area contributed by atoms with E-state index in [0.717, 1.165) is 5.56 Å². The minimum Gasteiger partial charge on any atom is -0.469 e. The van der Waals surface area contributed by atoms with Crippen LogP contribution < -0.4 is 0 Å². The zero-order valence-corrected chi connectivity index (χ0v) is 10.9. The number of carbonyl (C=O) groups is 1. The highest BCUT2D eigenvalue weighted by molar-refractivity contribution is 5.69. The van der Waals surface area contributed by atoms with Gasteiger partial charge in [-0.2, -0.15) is 0 Å². The van der Waals surface area contributed by atoms with Gasteiger partial charge in [-0.05, 0) is 12.0 Å². The van der Waals surface area contributed by atoms with E-state index in [1.54, 1.807) is 12.1 Å². The van der Waals surface area contributed by atoms with Crippen LogP contribution in [0.25, 0.3) is 0 Å². The Hall–Kier alpha value is -1.45. The largest absolute Gasteiger partial charge is 0.469 e. The van der Waals surface area contributed by atoms with Crippen molar-refractivity contribution in [3.8, 4) is 0 Å². The SMILES string of the molecule is COC(=O)CCc1ccc(C(F)(F)C(C)C)cc1. The third-order valence-corrected chi connectivity index (χ3v) is 2.91. The predicted octanol–water partition coefficient (Wildman–Crippen LogP) is 3.54. The lowest BCUT2D eigenvalue weighted by molar-refractivity contribution is -0.140. The minimum atomic E-state index is -2.82. The lowest BCUT2D eigenvalue weighted by Gasteiger charge is -2.20. The molecule has 0 heterocycles. The molecule has 0 fully saturated rings. The molecule has 4 heteroatoms. The van der Waals surface area contributed by atoms with Crippen molar-refractivity contribution in [2.45, 2.75) is 32.6 Å². The van der Waals surface area contributed by atoms with Crippen molar-refractivity contribution in [3.63, 3.8) is 0 Å². The van der Waals surface area contributed by atoms with Crippen LogP contribution in [0.2, 0.25) is 0 Å². The third-order valence-electron chi connectivity index (χ3n) is 2.91. The first-order chi connectivity index (χ1) is 8.37. The fourth-order valence-corrected chi connectivity index (χ4v) is 1.58. The number of carbonyl (C=O) groups excluding carboxylic acids is 1. The molecule has 0 amide bonds. The molecule has 100 valence electrons. The molecule has 0 bridgehead atoms. The van der Waals surface area contributed by atoms with Crippen LogP contribution in [0.1, 0.15) is 31.4 Å². The van der Waals surface area contributed by atoms with Gasteiger partial charge in [0, 0.05) is 17.9 Å². The Labute approximate surface area is 106 Å². The second-order valence-corrected chi connectivity index (χ2v) is 4.55. The number of rotatable bonds is 5. The minimum absolute atomic E-state index is 0.0133. The van der Waals surface area contributed by atoms with Crippen molar-refractivity contribution in [1.82, 2.24) is 0 Å². The number of esters is 1. The molecular weight excluding hydrogens is 238 g/mol.